The van der Waals surface area contributed by atoms with E-state index in [2.05, 4.69) is 0 Å². The van der Waals surface area contributed by atoms with Crippen LogP contribution < -0.4 is 0 Å². The fourth-order valence-corrected chi connectivity index (χ4v) is 2.36. The van der Waals surface area contributed by atoms with Crippen LogP contribution in [0.1, 0.15) is 103 Å². The number of hydrogen-bond acceptors (Lipinski definition) is 6. The van der Waals surface area contributed by atoms with Gasteiger partial charge in [-0.15, -0.1) is 0 Å². The first-order chi connectivity index (χ1) is 15.9. The average Bonchev–Trinajstić information content (AvgIpc) is 2.70. The molecule has 0 rings (SSSR count). The molecule has 0 aromatic rings. The molecule has 0 aliphatic rings. The summed E-state index contributed by atoms with van der Waals surface area (Å²) in [6.07, 6.45) is 7.86. The first kappa shape index (κ1) is 35.4. The highest BCUT2D eigenvalue weighted by Gasteiger charge is 2.00. The van der Waals surface area contributed by atoms with Crippen molar-refractivity contribution in [3.8, 4) is 0 Å². The van der Waals surface area contributed by atoms with Crippen LogP contribution in [-0.4, -0.2) is 66.5 Å². The maximum atomic E-state index is 10.1. The average molecular weight is 495 g/mol. The number of carboxylic acid groups (broad SMARTS) is 6. The molecule has 0 aromatic heterocycles. The number of aliphatic carboxylic acids is 6. The van der Waals surface area contributed by atoms with Gasteiger partial charge >= 0.3 is 35.8 Å². The van der Waals surface area contributed by atoms with Gasteiger partial charge < -0.3 is 30.6 Å². The molecule has 0 aliphatic heterocycles. The third kappa shape index (κ3) is 46.8. The number of carboxylic acids is 6. The summed E-state index contributed by atoms with van der Waals surface area (Å²) in [5.41, 5.74) is 0. The molecule has 0 bridgehead atoms. The predicted molar refractivity (Wildman–Crippen MR) is 120 cm³/mol. The molecular weight excluding hydrogens is 456 g/mol. The van der Waals surface area contributed by atoms with Crippen molar-refractivity contribution >= 4 is 35.8 Å². The zero-order valence-electron chi connectivity index (χ0n) is 19.4. The van der Waals surface area contributed by atoms with Gasteiger partial charge in [0.05, 0.1) is 0 Å². The van der Waals surface area contributed by atoms with Gasteiger partial charge in [-0.25, -0.2) is 0 Å². The van der Waals surface area contributed by atoms with Crippen LogP contribution >= 0.6 is 0 Å². The van der Waals surface area contributed by atoms with E-state index < -0.39 is 35.8 Å². The minimum Gasteiger partial charge on any atom is -0.481 e. The molecule has 0 saturated heterocycles. The lowest BCUT2D eigenvalue weighted by Gasteiger charge is -1.98. The lowest BCUT2D eigenvalue weighted by Crippen LogP contribution is -1.97. The minimum absolute atomic E-state index is 0.0628. The largest absolute Gasteiger partial charge is 0.481 e. The highest BCUT2D eigenvalue weighted by atomic mass is 16.4. The molecule has 0 aromatic carbocycles. The highest BCUT2D eigenvalue weighted by molar-refractivity contribution is 5.68. The fraction of sp³-hybridized carbons (Fsp3) is 0.727. The van der Waals surface area contributed by atoms with Crippen molar-refractivity contribution in [2.75, 3.05) is 0 Å². The summed E-state index contributed by atoms with van der Waals surface area (Å²) in [6, 6.07) is 0. The van der Waals surface area contributed by atoms with Gasteiger partial charge in [0.15, 0.2) is 0 Å². The van der Waals surface area contributed by atoms with Gasteiger partial charge in [0.2, 0.25) is 0 Å². The molecule has 0 unspecified atom stereocenters. The maximum absolute atomic E-state index is 10.1. The summed E-state index contributed by atoms with van der Waals surface area (Å²) in [5, 5.41) is 49.2. The Labute approximate surface area is 198 Å². The maximum Gasteiger partial charge on any atom is 0.303 e. The standard InChI is InChI=1S/C10H18O4.2C6H10O4/c11-9(12)7-5-3-1-2-4-6-8-10(13)14;2*7-5(8)3-1-2-4-6(9)10/h1-8H2,(H,11,12)(H,13,14);2*1-4H2,(H,7,8)(H,9,10). The summed E-state index contributed by atoms with van der Waals surface area (Å²) < 4.78 is 0. The van der Waals surface area contributed by atoms with E-state index >= 15 is 0 Å². The van der Waals surface area contributed by atoms with E-state index in [1.54, 1.807) is 0 Å². The summed E-state index contributed by atoms with van der Waals surface area (Å²) in [5.74, 6) is -4.96. The van der Waals surface area contributed by atoms with E-state index in [-0.39, 0.29) is 38.5 Å². The van der Waals surface area contributed by atoms with Crippen LogP contribution in [0, 0.1) is 0 Å². The molecule has 34 heavy (non-hydrogen) atoms. The number of hydrogen-bond donors (Lipinski definition) is 6. The van der Waals surface area contributed by atoms with Crippen LogP contribution in [0.25, 0.3) is 0 Å². The Morgan fingerprint density at radius 3 is 0.529 bits per heavy atom. The van der Waals surface area contributed by atoms with Gasteiger partial charge in [0.1, 0.15) is 0 Å². The normalized spacial score (nSPS) is 9.53. The molecule has 0 amide bonds. The molecule has 12 nitrogen and oxygen atoms in total. The van der Waals surface area contributed by atoms with Crippen LogP contribution in [0.5, 0.6) is 0 Å². The number of rotatable bonds is 19. The molecule has 0 aliphatic carbocycles. The quantitative estimate of drug-likeness (QED) is 0.141. The smallest absolute Gasteiger partial charge is 0.303 e. The molecule has 0 saturated carbocycles. The van der Waals surface area contributed by atoms with Crippen molar-refractivity contribution in [2.45, 2.75) is 103 Å². The third-order valence-electron chi connectivity index (χ3n) is 4.09. The monoisotopic (exact) mass is 494 g/mol. The Hall–Kier alpha value is -3.18. The van der Waals surface area contributed by atoms with Gasteiger partial charge in [-0.2, -0.15) is 0 Å². The molecule has 6 N–H and O–H groups in total. The SMILES string of the molecule is O=C(O)CCCCC(=O)O.O=C(O)CCCCC(=O)O.O=C(O)CCCCCCCCC(=O)O. The van der Waals surface area contributed by atoms with E-state index in [0.29, 0.717) is 25.7 Å². The Morgan fingerprint density at radius 2 is 0.382 bits per heavy atom. The Kier molecular flexibility index (Phi) is 27.2. The third-order valence-corrected chi connectivity index (χ3v) is 4.09. The fourth-order valence-electron chi connectivity index (χ4n) is 2.36. The van der Waals surface area contributed by atoms with Crippen molar-refractivity contribution in [3.05, 3.63) is 0 Å². The van der Waals surface area contributed by atoms with E-state index in [1.165, 1.54) is 0 Å². The Morgan fingerprint density at radius 1 is 0.265 bits per heavy atom. The number of carbonyl (C=O) groups is 6. The van der Waals surface area contributed by atoms with Crippen molar-refractivity contribution in [1.82, 2.24) is 0 Å². The molecule has 0 heterocycles. The Bertz CT molecular complexity index is 517. The van der Waals surface area contributed by atoms with Crippen molar-refractivity contribution in [1.29, 1.82) is 0 Å². The molecule has 0 atom stereocenters. The second kappa shape index (κ2) is 26.1. The van der Waals surface area contributed by atoms with Crippen LogP contribution in [0.15, 0.2) is 0 Å². The zero-order valence-corrected chi connectivity index (χ0v) is 19.4. The molecule has 198 valence electrons. The van der Waals surface area contributed by atoms with Crippen LogP contribution in [0.2, 0.25) is 0 Å². The molecular formula is C22H38O12. The van der Waals surface area contributed by atoms with E-state index in [4.69, 9.17) is 30.6 Å². The van der Waals surface area contributed by atoms with Crippen molar-refractivity contribution in [2.24, 2.45) is 0 Å². The van der Waals surface area contributed by atoms with Gasteiger partial charge in [0.25, 0.3) is 0 Å². The van der Waals surface area contributed by atoms with Gasteiger partial charge in [-0.05, 0) is 38.5 Å². The molecule has 0 fully saturated rings. The summed E-state index contributed by atoms with van der Waals surface area (Å²) in [6.45, 7) is 0. The van der Waals surface area contributed by atoms with Crippen LogP contribution in [-0.2, 0) is 28.8 Å². The second-order valence-corrected chi connectivity index (χ2v) is 7.40. The first-order valence-electron chi connectivity index (χ1n) is 11.2. The Balaban J connectivity index is -0.000000434. The van der Waals surface area contributed by atoms with E-state index in [9.17, 15) is 28.8 Å². The predicted octanol–water partition coefficient (Wildman–Crippen LogP) is 3.71. The molecule has 0 spiro atoms. The van der Waals surface area contributed by atoms with E-state index in [1.807, 2.05) is 0 Å². The first-order valence-corrected chi connectivity index (χ1v) is 11.2. The second-order valence-electron chi connectivity index (χ2n) is 7.40. The summed E-state index contributed by atoms with van der Waals surface area (Å²) in [7, 11) is 0. The lowest BCUT2D eigenvalue weighted by atomic mass is 10.1. The van der Waals surface area contributed by atoms with E-state index in [0.717, 1.165) is 38.5 Å². The zero-order chi connectivity index (χ0) is 26.8. The number of unbranched alkanes of at least 4 members (excludes halogenated alkanes) is 7. The van der Waals surface area contributed by atoms with Crippen molar-refractivity contribution < 1.29 is 59.4 Å². The van der Waals surface area contributed by atoms with Crippen molar-refractivity contribution in [3.63, 3.8) is 0 Å². The van der Waals surface area contributed by atoms with Gasteiger partial charge in [-0.1, -0.05) is 25.7 Å². The topological polar surface area (TPSA) is 224 Å². The minimum atomic E-state index is -0.870. The lowest BCUT2D eigenvalue weighted by molar-refractivity contribution is -0.139. The highest BCUT2D eigenvalue weighted by Crippen LogP contribution is 2.08. The summed E-state index contributed by atoms with van der Waals surface area (Å²) in [4.78, 5) is 59.9. The summed E-state index contributed by atoms with van der Waals surface area (Å²) >= 11 is 0. The van der Waals surface area contributed by atoms with Gasteiger partial charge in [0, 0.05) is 38.5 Å². The van der Waals surface area contributed by atoms with Crippen LogP contribution in [0.3, 0.4) is 0 Å². The molecule has 0 radical (unpaired) electrons. The van der Waals surface area contributed by atoms with Gasteiger partial charge in [-0.3, -0.25) is 28.8 Å². The molecule has 12 heteroatoms. The van der Waals surface area contributed by atoms with Crippen LogP contribution in [0.4, 0.5) is 0 Å².